The van der Waals surface area contributed by atoms with Gasteiger partial charge in [0.1, 0.15) is 0 Å². The molecule has 2 rings (SSSR count). The van der Waals surface area contributed by atoms with Crippen LogP contribution in [0.3, 0.4) is 0 Å². The molecule has 0 fully saturated rings. The van der Waals surface area contributed by atoms with Crippen LogP contribution < -0.4 is 5.73 Å². The van der Waals surface area contributed by atoms with Gasteiger partial charge in [-0.3, -0.25) is 4.79 Å². The van der Waals surface area contributed by atoms with Crippen LogP contribution in [0.5, 0.6) is 0 Å². The number of fused-ring (bicyclic) bond motifs is 1. The fraction of sp³-hybridized carbons (Fsp3) is 0.231. The standard InChI is InChI=1S/C13H12ClNO3S/c1-2-10(16)12(18-13(15)17)9-6-19-11-4-3-7(14)5-8(9)11/h3-6,12H,2H2,1H3,(H2,15,17). The van der Waals surface area contributed by atoms with Crippen LogP contribution in [0.15, 0.2) is 23.6 Å². The van der Waals surface area contributed by atoms with Crippen molar-refractivity contribution in [2.75, 3.05) is 0 Å². The van der Waals surface area contributed by atoms with Crippen LogP contribution in [0.4, 0.5) is 4.79 Å². The number of benzene rings is 1. The smallest absolute Gasteiger partial charge is 0.405 e. The highest BCUT2D eigenvalue weighted by Crippen LogP contribution is 2.34. The maximum Gasteiger partial charge on any atom is 0.405 e. The Labute approximate surface area is 119 Å². The molecule has 1 heterocycles. The summed E-state index contributed by atoms with van der Waals surface area (Å²) in [4.78, 5) is 22.9. The van der Waals surface area contributed by atoms with Gasteiger partial charge >= 0.3 is 6.09 Å². The lowest BCUT2D eigenvalue weighted by molar-refractivity contribution is -0.127. The van der Waals surface area contributed by atoms with E-state index < -0.39 is 12.2 Å². The van der Waals surface area contributed by atoms with Crippen molar-refractivity contribution in [2.45, 2.75) is 19.4 Å². The van der Waals surface area contributed by atoms with Crippen molar-refractivity contribution in [3.63, 3.8) is 0 Å². The second-order valence-electron chi connectivity index (χ2n) is 3.97. The number of amides is 1. The number of rotatable bonds is 4. The molecule has 1 aromatic heterocycles. The summed E-state index contributed by atoms with van der Waals surface area (Å²) in [6.45, 7) is 1.71. The summed E-state index contributed by atoms with van der Waals surface area (Å²) in [5, 5.41) is 3.17. The molecule has 4 nitrogen and oxygen atoms in total. The summed E-state index contributed by atoms with van der Waals surface area (Å²) in [6.07, 6.45) is -1.67. The van der Waals surface area contributed by atoms with Gasteiger partial charge in [0, 0.05) is 27.1 Å². The van der Waals surface area contributed by atoms with Crippen LogP contribution >= 0.6 is 22.9 Å². The average molecular weight is 298 g/mol. The monoisotopic (exact) mass is 297 g/mol. The topological polar surface area (TPSA) is 69.4 Å². The Balaban J connectivity index is 2.52. The van der Waals surface area contributed by atoms with E-state index >= 15 is 0 Å². The largest absolute Gasteiger partial charge is 0.433 e. The number of carbonyl (C=O) groups excluding carboxylic acids is 2. The summed E-state index contributed by atoms with van der Waals surface area (Å²) in [5.74, 6) is -0.196. The van der Waals surface area contributed by atoms with Crippen molar-refractivity contribution in [2.24, 2.45) is 5.73 Å². The molecule has 1 atom stereocenters. The molecule has 0 radical (unpaired) electrons. The molecule has 100 valence electrons. The highest BCUT2D eigenvalue weighted by molar-refractivity contribution is 7.17. The zero-order chi connectivity index (χ0) is 14.0. The number of hydrogen-bond donors (Lipinski definition) is 1. The van der Waals surface area contributed by atoms with Crippen molar-refractivity contribution in [3.05, 3.63) is 34.2 Å². The van der Waals surface area contributed by atoms with E-state index in [0.717, 1.165) is 10.1 Å². The molecule has 1 amide bonds. The van der Waals surface area contributed by atoms with Crippen molar-refractivity contribution in [1.82, 2.24) is 0 Å². The highest BCUT2D eigenvalue weighted by atomic mass is 35.5. The van der Waals surface area contributed by atoms with Gasteiger partial charge in [0.15, 0.2) is 11.9 Å². The van der Waals surface area contributed by atoms with Crippen LogP contribution in [0.2, 0.25) is 5.02 Å². The van der Waals surface area contributed by atoms with Crippen molar-refractivity contribution < 1.29 is 14.3 Å². The van der Waals surface area contributed by atoms with E-state index in [-0.39, 0.29) is 12.2 Å². The molecule has 0 aliphatic carbocycles. The Kier molecular flexibility index (Phi) is 4.07. The zero-order valence-electron chi connectivity index (χ0n) is 10.2. The van der Waals surface area contributed by atoms with Gasteiger partial charge in [-0.15, -0.1) is 11.3 Å². The van der Waals surface area contributed by atoms with Gasteiger partial charge in [-0.05, 0) is 23.6 Å². The van der Waals surface area contributed by atoms with E-state index in [1.807, 2.05) is 6.07 Å². The first-order valence-electron chi connectivity index (χ1n) is 5.68. The fourth-order valence-corrected chi connectivity index (χ4v) is 2.96. The number of thiophene rings is 1. The number of carbonyl (C=O) groups is 2. The molecule has 0 saturated heterocycles. The zero-order valence-corrected chi connectivity index (χ0v) is 11.8. The molecular formula is C13H12ClNO3S. The lowest BCUT2D eigenvalue weighted by Gasteiger charge is -2.14. The number of Topliss-reactive ketones (excluding diaryl/α,β-unsaturated/α-hetero) is 1. The van der Waals surface area contributed by atoms with E-state index in [9.17, 15) is 9.59 Å². The third kappa shape index (κ3) is 2.88. The number of nitrogens with two attached hydrogens (primary N) is 1. The van der Waals surface area contributed by atoms with Gasteiger partial charge in [-0.1, -0.05) is 18.5 Å². The molecular weight excluding hydrogens is 286 g/mol. The Bertz CT molecular complexity index is 638. The van der Waals surface area contributed by atoms with E-state index in [2.05, 4.69) is 0 Å². The average Bonchev–Trinajstić information content (AvgIpc) is 2.77. The lowest BCUT2D eigenvalue weighted by atomic mass is 10.0. The molecule has 6 heteroatoms. The third-order valence-electron chi connectivity index (χ3n) is 2.72. The number of primary amides is 1. The minimum absolute atomic E-state index is 0.196. The van der Waals surface area contributed by atoms with Crippen molar-refractivity contribution in [1.29, 1.82) is 0 Å². The Morgan fingerprint density at radius 2 is 2.21 bits per heavy atom. The summed E-state index contributed by atoms with van der Waals surface area (Å²) < 4.78 is 5.92. The fourth-order valence-electron chi connectivity index (χ4n) is 1.83. The van der Waals surface area contributed by atoms with Crippen LogP contribution in [0.25, 0.3) is 10.1 Å². The van der Waals surface area contributed by atoms with Crippen molar-refractivity contribution in [3.8, 4) is 0 Å². The van der Waals surface area contributed by atoms with Crippen LogP contribution in [0.1, 0.15) is 25.0 Å². The molecule has 19 heavy (non-hydrogen) atoms. The molecule has 0 saturated carbocycles. The second-order valence-corrected chi connectivity index (χ2v) is 5.32. The first-order chi connectivity index (χ1) is 9.02. The molecule has 0 spiro atoms. The quantitative estimate of drug-likeness (QED) is 0.936. The number of ketones is 1. The van der Waals surface area contributed by atoms with Gasteiger partial charge < -0.3 is 10.5 Å². The first kappa shape index (κ1) is 13.8. The van der Waals surface area contributed by atoms with Gasteiger partial charge in [-0.2, -0.15) is 0 Å². The highest BCUT2D eigenvalue weighted by Gasteiger charge is 2.25. The van der Waals surface area contributed by atoms with Gasteiger partial charge in [0.25, 0.3) is 0 Å². The van der Waals surface area contributed by atoms with Crippen molar-refractivity contribution >= 4 is 44.9 Å². The van der Waals surface area contributed by atoms with Crippen LogP contribution in [0, 0.1) is 0 Å². The maximum absolute atomic E-state index is 11.9. The summed E-state index contributed by atoms with van der Waals surface area (Å²) in [6, 6.07) is 5.39. The van der Waals surface area contributed by atoms with E-state index in [1.54, 1.807) is 24.4 Å². The lowest BCUT2D eigenvalue weighted by Crippen LogP contribution is -2.22. The molecule has 1 unspecified atom stereocenters. The SMILES string of the molecule is CCC(=O)C(OC(N)=O)c1csc2ccc(Cl)cc12. The van der Waals surface area contributed by atoms with Crippen LogP contribution in [-0.2, 0) is 9.53 Å². The molecule has 2 aromatic rings. The first-order valence-corrected chi connectivity index (χ1v) is 6.94. The molecule has 0 aliphatic rings. The van der Waals surface area contributed by atoms with E-state index in [1.165, 1.54) is 11.3 Å². The second kappa shape index (κ2) is 5.59. The summed E-state index contributed by atoms with van der Waals surface area (Å²) in [5.41, 5.74) is 5.66. The van der Waals surface area contributed by atoms with Gasteiger partial charge in [0.2, 0.25) is 0 Å². The van der Waals surface area contributed by atoms with Gasteiger partial charge in [0.05, 0.1) is 0 Å². The Morgan fingerprint density at radius 1 is 1.47 bits per heavy atom. The molecule has 0 bridgehead atoms. The molecule has 1 aromatic carbocycles. The van der Waals surface area contributed by atoms with Crippen LogP contribution in [-0.4, -0.2) is 11.9 Å². The predicted molar refractivity (Wildman–Crippen MR) is 75.5 cm³/mol. The number of halogens is 1. The number of hydrogen-bond acceptors (Lipinski definition) is 4. The Morgan fingerprint density at radius 3 is 2.84 bits per heavy atom. The summed E-state index contributed by atoms with van der Waals surface area (Å²) >= 11 is 7.42. The molecule has 0 aliphatic heterocycles. The van der Waals surface area contributed by atoms with E-state index in [4.69, 9.17) is 22.1 Å². The normalized spacial score (nSPS) is 12.3. The minimum Gasteiger partial charge on any atom is -0.433 e. The van der Waals surface area contributed by atoms with Gasteiger partial charge in [-0.25, -0.2) is 4.79 Å². The minimum atomic E-state index is -0.965. The maximum atomic E-state index is 11.9. The summed E-state index contributed by atoms with van der Waals surface area (Å²) in [7, 11) is 0. The predicted octanol–water partition coefficient (Wildman–Crippen LogP) is 3.67. The number of ether oxygens (including phenoxy) is 1. The Hall–Kier alpha value is -1.59. The molecule has 2 N–H and O–H groups in total. The van der Waals surface area contributed by atoms with E-state index in [0.29, 0.717) is 10.6 Å². The third-order valence-corrected chi connectivity index (χ3v) is 3.94.